The lowest BCUT2D eigenvalue weighted by Gasteiger charge is -2.17. The molecule has 1 heterocycles. The number of rotatable bonds is 5. The molecule has 0 aromatic heterocycles. The van der Waals surface area contributed by atoms with Crippen LogP contribution in [0.2, 0.25) is 0 Å². The fourth-order valence-electron chi connectivity index (χ4n) is 3.57. The fourth-order valence-corrected chi connectivity index (χ4v) is 5.54. The molecule has 1 saturated heterocycles. The Labute approximate surface area is 184 Å². The molecule has 30 heavy (non-hydrogen) atoms. The highest BCUT2D eigenvalue weighted by Crippen LogP contribution is 2.30. The van der Waals surface area contributed by atoms with Gasteiger partial charge in [0.25, 0.3) is 5.91 Å². The van der Waals surface area contributed by atoms with Gasteiger partial charge >= 0.3 is 0 Å². The number of carbonyl (C=O) groups excluding carboxylic acids is 1. The van der Waals surface area contributed by atoms with Crippen molar-refractivity contribution in [1.82, 2.24) is 4.31 Å². The van der Waals surface area contributed by atoms with E-state index in [9.17, 15) is 13.2 Å². The van der Waals surface area contributed by atoms with Crippen LogP contribution in [0.1, 0.15) is 23.2 Å². The Kier molecular flexibility index (Phi) is 6.04. The molecule has 0 atom stereocenters. The second-order valence-electron chi connectivity index (χ2n) is 7.12. The van der Waals surface area contributed by atoms with E-state index in [1.807, 2.05) is 54.6 Å². The largest absolute Gasteiger partial charge is 0.321 e. The van der Waals surface area contributed by atoms with Crippen molar-refractivity contribution in [3.63, 3.8) is 0 Å². The summed E-state index contributed by atoms with van der Waals surface area (Å²) in [7, 11) is -3.60. The number of halogens is 1. The predicted molar refractivity (Wildman–Crippen MR) is 122 cm³/mol. The molecule has 3 aromatic rings. The zero-order chi connectivity index (χ0) is 21.1. The second-order valence-corrected chi connectivity index (χ2v) is 9.91. The molecule has 0 spiro atoms. The highest BCUT2D eigenvalue weighted by Gasteiger charge is 2.28. The molecule has 7 heteroatoms. The van der Waals surface area contributed by atoms with Gasteiger partial charge in [0.15, 0.2) is 0 Å². The number of carbonyl (C=O) groups is 1. The Morgan fingerprint density at radius 1 is 0.900 bits per heavy atom. The lowest BCUT2D eigenvalue weighted by atomic mass is 10.0. The monoisotopic (exact) mass is 484 g/mol. The molecule has 5 nitrogen and oxygen atoms in total. The lowest BCUT2D eigenvalue weighted by Crippen LogP contribution is -2.28. The summed E-state index contributed by atoms with van der Waals surface area (Å²) in [5.41, 5.74) is 2.81. The van der Waals surface area contributed by atoms with Crippen molar-refractivity contribution >= 4 is 37.5 Å². The summed E-state index contributed by atoms with van der Waals surface area (Å²) in [6.07, 6.45) is 1.72. The van der Waals surface area contributed by atoms with Gasteiger partial charge in [0.2, 0.25) is 10.0 Å². The molecular formula is C23H21BrN2O3S. The molecule has 0 radical (unpaired) electrons. The Balaban J connectivity index is 1.65. The topological polar surface area (TPSA) is 66.5 Å². The van der Waals surface area contributed by atoms with Crippen molar-refractivity contribution in [2.45, 2.75) is 17.7 Å². The Morgan fingerprint density at radius 3 is 2.30 bits per heavy atom. The molecule has 4 rings (SSSR count). The molecule has 0 aliphatic carbocycles. The first kappa shape index (κ1) is 20.8. The summed E-state index contributed by atoms with van der Waals surface area (Å²) < 4.78 is 27.8. The maximum Gasteiger partial charge on any atom is 0.256 e. The van der Waals surface area contributed by atoms with Gasteiger partial charge in [-0.1, -0.05) is 48.5 Å². The van der Waals surface area contributed by atoms with E-state index in [-0.39, 0.29) is 16.4 Å². The predicted octanol–water partition coefficient (Wildman–Crippen LogP) is 5.15. The van der Waals surface area contributed by atoms with Crippen LogP contribution in [0.15, 0.2) is 82.2 Å². The molecule has 3 aromatic carbocycles. The van der Waals surface area contributed by atoms with Crippen molar-refractivity contribution < 1.29 is 13.2 Å². The lowest BCUT2D eigenvalue weighted by molar-refractivity contribution is 0.102. The minimum Gasteiger partial charge on any atom is -0.321 e. The van der Waals surface area contributed by atoms with E-state index >= 15 is 0 Å². The maximum atomic E-state index is 13.1. The van der Waals surface area contributed by atoms with E-state index in [0.717, 1.165) is 24.0 Å². The normalized spacial score (nSPS) is 14.6. The van der Waals surface area contributed by atoms with Crippen molar-refractivity contribution in [1.29, 1.82) is 0 Å². The van der Waals surface area contributed by atoms with Crippen LogP contribution in [0.5, 0.6) is 0 Å². The highest BCUT2D eigenvalue weighted by atomic mass is 79.9. The number of hydrogen-bond donors (Lipinski definition) is 1. The summed E-state index contributed by atoms with van der Waals surface area (Å²) in [6, 6.07) is 21.9. The summed E-state index contributed by atoms with van der Waals surface area (Å²) >= 11 is 3.39. The summed E-state index contributed by atoms with van der Waals surface area (Å²) in [5, 5.41) is 2.94. The van der Waals surface area contributed by atoms with Gasteiger partial charge < -0.3 is 5.32 Å². The minimum atomic E-state index is -3.60. The van der Waals surface area contributed by atoms with Crippen molar-refractivity contribution in [3.05, 3.63) is 82.8 Å². The second kappa shape index (κ2) is 8.71. The molecule has 154 valence electrons. The smallest absolute Gasteiger partial charge is 0.256 e. The molecule has 1 aliphatic rings. The van der Waals surface area contributed by atoms with Crippen molar-refractivity contribution in [3.8, 4) is 11.1 Å². The number of sulfonamides is 1. The SMILES string of the molecule is O=C(Nc1ccccc1-c1ccccc1)c1cc(S(=O)(=O)N2CCCC2)ccc1Br. The van der Waals surface area contributed by atoms with Crippen LogP contribution in [0.4, 0.5) is 5.69 Å². The zero-order valence-corrected chi connectivity index (χ0v) is 18.6. The molecule has 1 N–H and O–H groups in total. The average molecular weight is 485 g/mol. The van der Waals surface area contributed by atoms with Crippen LogP contribution in [0.3, 0.4) is 0 Å². The number of para-hydroxylation sites is 1. The fraction of sp³-hybridized carbons (Fsp3) is 0.174. The van der Waals surface area contributed by atoms with Crippen LogP contribution in [0.25, 0.3) is 11.1 Å². The van der Waals surface area contributed by atoms with E-state index in [4.69, 9.17) is 0 Å². The van der Waals surface area contributed by atoms with E-state index in [1.54, 1.807) is 6.07 Å². The van der Waals surface area contributed by atoms with Crippen LogP contribution in [0, 0.1) is 0 Å². The van der Waals surface area contributed by atoms with E-state index in [2.05, 4.69) is 21.2 Å². The summed E-state index contributed by atoms with van der Waals surface area (Å²) in [6.45, 7) is 1.04. The van der Waals surface area contributed by atoms with Crippen molar-refractivity contribution in [2.24, 2.45) is 0 Å². The molecule has 0 saturated carbocycles. The van der Waals surface area contributed by atoms with Crippen LogP contribution in [-0.4, -0.2) is 31.7 Å². The van der Waals surface area contributed by atoms with Gasteiger partial charge in [0.1, 0.15) is 0 Å². The third kappa shape index (κ3) is 4.19. The molecule has 1 fully saturated rings. The molecule has 0 unspecified atom stereocenters. The molecular weight excluding hydrogens is 464 g/mol. The first-order chi connectivity index (χ1) is 14.5. The average Bonchev–Trinajstić information content (AvgIpc) is 3.31. The van der Waals surface area contributed by atoms with Gasteiger partial charge in [-0.05, 0) is 58.6 Å². The number of benzene rings is 3. The van der Waals surface area contributed by atoms with Crippen LogP contribution >= 0.6 is 15.9 Å². The Bertz CT molecular complexity index is 1170. The number of nitrogens with zero attached hydrogens (tertiary/aromatic N) is 1. The maximum absolute atomic E-state index is 13.1. The summed E-state index contributed by atoms with van der Waals surface area (Å²) in [4.78, 5) is 13.2. The van der Waals surface area contributed by atoms with Crippen LogP contribution < -0.4 is 5.32 Å². The van der Waals surface area contributed by atoms with E-state index < -0.39 is 10.0 Å². The Morgan fingerprint density at radius 2 is 1.57 bits per heavy atom. The number of nitrogens with one attached hydrogen (secondary N) is 1. The van der Waals surface area contributed by atoms with E-state index in [0.29, 0.717) is 23.2 Å². The van der Waals surface area contributed by atoms with Gasteiger partial charge in [-0.3, -0.25) is 4.79 Å². The third-order valence-electron chi connectivity index (χ3n) is 5.15. The Hall–Kier alpha value is -2.48. The third-order valence-corrected chi connectivity index (χ3v) is 7.73. The minimum absolute atomic E-state index is 0.133. The standard InChI is InChI=1S/C23H21BrN2O3S/c24-21-13-12-18(30(28,29)26-14-6-7-15-26)16-20(21)23(27)25-22-11-5-4-10-19(22)17-8-2-1-3-9-17/h1-5,8-13,16H,6-7,14-15H2,(H,25,27). The number of amides is 1. The first-order valence-corrected chi connectivity index (χ1v) is 12.0. The van der Waals surface area contributed by atoms with Gasteiger partial charge in [-0.2, -0.15) is 4.31 Å². The van der Waals surface area contributed by atoms with Gasteiger partial charge in [-0.15, -0.1) is 0 Å². The van der Waals surface area contributed by atoms with Crippen LogP contribution in [-0.2, 0) is 10.0 Å². The molecule has 1 amide bonds. The number of anilines is 1. The van der Waals surface area contributed by atoms with Gasteiger partial charge in [-0.25, -0.2) is 8.42 Å². The summed E-state index contributed by atoms with van der Waals surface area (Å²) in [5.74, 6) is -0.372. The highest BCUT2D eigenvalue weighted by molar-refractivity contribution is 9.10. The van der Waals surface area contributed by atoms with Gasteiger partial charge in [0, 0.05) is 28.8 Å². The molecule has 1 aliphatic heterocycles. The first-order valence-electron chi connectivity index (χ1n) is 9.72. The van der Waals surface area contributed by atoms with E-state index in [1.165, 1.54) is 16.4 Å². The molecule has 0 bridgehead atoms. The quantitative estimate of drug-likeness (QED) is 0.544. The number of hydrogen-bond acceptors (Lipinski definition) is 3. The van der Waals surface area contributed by atoms with Gasteiger partial charge in [0.05, 0.1) is 10.5 Å². The van der Waals surface area contributed by atoms with Crippen molar-refractivity contribution in [2.75, 3.05) is 18.4 Å². The zero-order valence-electron chi connectivity index (χ0n) is 16.2.